The van der Waals surface area contributed by atoms with E-state index in [0.717, 1.165) is 0 Å². The van der Waals surface area contributed by atoms with Crippen molar-refractivity contribution in [3.05, 3.63) is 65.2 Å². The molecule has 1 atom stereocenters. The van der Waals surface area contributed by atoms with E-state index < -0.39 is 0 Å². The van der Waals surface area contributed by atoms with E-state index in [9.17, 15) is 5.11 Å². The first-order valence-corrected chi connectivity index (χ1v) is 6.21. The van der Waals surface area contributed by atoms with Crippen molar-refractivity contribution in [3.63, 3.8) is 0 Å². The summed E-state index contributed by atoms with van der Waals surface area (Å²) in [6.45, 7) is 0. The van der Waals surface area contributed by atoms with Gasteiger partial charge in [0.15, 0.2) is 0 Å². The van der Waals surface area contributed by atoms with Gasteiger partial charge in [-0.3, -0.25) is 0 Å². The number of phenolic OH excluding ortho intramolecular Hbond substituents is 1. The normalized spacial score (nSPS) is 18.7. The Morgan fingerprint density at radius 1 is 1.00 bits per heavy atom. The number of fused-ring (bicyclic) bond motifs is 1. The van der Waals surface area contributed by atoms with Crippen LogP contribution >= 0.6 is 0 Å². The summed E-state index contributed by atoms with van der Waals surface area (Å²) in [5.41, 5.74) is 4.13. The standard InChI is InChI=1S/C16H16O/c17-14-8-3-7-13(11-14)16-10-4-6-12-5-1-2-9-15(12)16/h1-3,5,7-9,11,16-17H,4,6,10H2/t16-/m1/s1. The van der Waals surface area contributed by atoms with Gasteiger partial charge < -0.3 is 5.11 Å². The molecule has 1 aliphatic carbocycles. The average molecular weight is 224 g/mol. The highest BCUT2D eigenvalue weighted by Gasteiger charge is 2.21. The highest BCUT2D eigenvalue weighted by molar-refractivity contribution is 5.41. The van der Waals surface area contributed by atoms with Gasteiger partial charge in [0.25, 0.3) is 0 Å². The molecule has 17 heavy (non-hydrogen) atoms. The highest BCUT2D eigenvalue weighted by Crippen LogP contribution is 2.37. The second-order valence-corrected chi connectivity index (χ2v) is 4.74. The molecule has 1 heteroatoms. The summed E-state index contributed by atoms with van der Waals surface area (Å²) >= 11 is 0. The maximum atomic E-state index is 9.59. The zero-order chi connectivity index (χ0) is 11.7. The fourth-order valence-corrected chi connectivity index (χ4v) is 2.84. The Morgan fingerprint density at radius 3 is 2.76 bits per heavy atom. The number of rotatable bonds is 1. The van der Waals surface area contributed by atoms with Crippen LogP contribution in [0.1, 0.15) is 35.4 Å². The van der Waals surface area contributed by atoms with Gasteiger partial charge in [0.2, 0.25) is 0 Å². The van der Waals surface area contributed by atoms with Crippen molar-refractivity contribution < 1.29 is 5.11 Å². The molecule has 2 aromatic carbocycles. The van der Waals surface area contributed by atoms with Crippen LogP contribution in [0.5, 0.6) is 5.75 Å². The summed E-state index contributed by atoms with van der Waals surface area (Å²) < 4.78 is 0. The van der Waals surface area contributed by atoms with Crippen molar-refractivity contribution in [2.75, 3.05) is 0 Å². The molecule has 0 amide bonds. The van der Waals surface area contributed by atoms with Crippen molar-refractivity contribution >= 4 is 0 Å². The number of aryl methyl sites for hydroxylation is 1. The van der Waals surface area contributed by atoms with Crippen LogP contribution in [0.4, 0.5) is 0 Å². The average Bonchev–Trinajstić information content (AvgIpc) is 2.38. The summed E-state index contributed by atoms with van der Waals surface area (Å²) in [5, 5.41) is 9.59. The lowest BCUT2D eigenvalue weighted by molar-refractivity contribution is 0.473. The van der Waals surface area contributed by atoms with Gasteiger partial charge in [-0.1, -0.05) is 36.4 Å². The minimum absolute atomic E-state index is 0.366. The minimum atomic E-state index is 0.366. The Balaban J connectivity index is 2.06. The molecule has 0 unspecified atom stereocenters. The molecule has 0 fully saturated rings. The SMILES string of the molecule is Oc1cccc([C@H]2CCCc3ccccc32)c1. The predicted molar refractivity (Wildman–Crippen MR) is 69.3 cm³/mol. The van der Waals surface area contributed by atoms with Crippen molar-refractivity contribution in [3.8, 4) is 5.75 Å². The van der Waals surface area contributed by atoms with Crippen LogP contribution in [0.3, 0.4) is 0 Å². The zero-order valence-electron chi connectivity index (χ0n) is 9.76. The van der Waals surface area contributed by atoms with Gasteiger partial charge >= 0.3 is 0 Å². The number of phenols is 1. The summed E-state index contributed by atoms with van der Waals surface area (Å²) in [7, 11) is 0. The quantitative estimate of drug-likeness (QED) is 0.779. The van der Waals surface area contributed by atoms with Crippen LogP contribution in [-0.2, 0) is 6.42 Å². The molecule has 86 valence electrons. The molecule has 0 spiro atoms. The van der Waals surface area contributed by atoms with Crippen LogP contribution in [0.2, 0.25) is 0 Å². The molecule has 0 saturated heterocycles. The molecule has 0 aromatic heterocycles. The first-order chi connectivity index (χ1) is 8.34. The molecule has 0 radical (unpaired) electrons. The van der Waals surface area contributed by atoms with E-state index >= 15 is 0 Å². The van der Waals surface area contributed by atoms with Gasteiger partial charge in [-0.15, -0.1) is 0 Å². The predicted octanol–water partition coefficient (Wildman–Crippen LogP) is 3.86. The van der Waals surface area contributed by atoms with E-state index in [4.69, 9.17) is 0 Å². The molecule has 0 bridgehead atoms. The van der Waals surface area contributed by atoms with E-state index in [1.807, 2.05) is 12.1 Å². The molecular weight excluding hydrogens is 208 g/mol. The van der Waals surface area contributed by atoms with Crippen LogP contribution in [0.25, 0.3) is 0 Å². The van der Waals surface area contributed by atoms with Gasteiger partial charge in [-0.25, -0.2) is 0 Å². The van der Waals surface area contributed by atoms with Gasteiger partial charge in [0.05, 0.1) is 0 Å². The third-order valence-electron chi connectivity index (χ3n) is 3.64. The summed E-state index contributed by atoms with van der Waals surface area (Å²) in [5.74, 6) is 0.817. The molecule has 0 aliphatic heterocycles. The first-order valence-electron chi connectivity index (χ1n) is 6.21. The molecule has 3 rings (SSSR count). The van der Waals surface area contributed by atoms with E-state index in [-0.39, 0.29) is 0 Å². The fourth-order valence-electron chi connectivity index (χ4n) is 2.84. The Kier molecular flexibility index (Phi) is 2.60. The smallest absolute Gasteiger partial charge is 0.115 e. The molecule has 1 nitrogen and oxygen atoms in total. The molecule has 1 aliphatic rings. The summed E-state index contributed by atoms with van der Waals surface area (Å²) in [6, 6.07) is 16.4. The van der Waals surface area contributed by atoms with E-state index in [1.54, 1.807) is 6.07 Å². The lowest BCUT2D eigenvalue weighted by Gasteiger charge is -2.25. The largest absolute Gasteiger partial charge is 0.508 e. The van der Waals surface area contributed by atoms with E-state index in [2.05, 4.69) is 30.3 Å². The Morgan fingerprint density at radius 2 is 1.88 bits per heavy atom. The number of benzene rings is 2. The lowest BCUT2D eigenvalue weighted by atomic mass is 9.79. The Hall–Kier alpha value is -1.76. The van der Waals surface area contributed by atoms with Crippen molar-refractivity contribution in [2.24, 2.45) is 0 Å². The van der Waals surface area contributed by atoms with Crippen molar-refractivity contribution in [1.82, 2.24) is 0 Å². The maximum Gasteiger partial charge on any atom is 0.115 e. The second kappa shape index (κ2) is 4.25. The van der Waals surface area contributed by atoms with Crippen molar-refractivity contribution in [2.45, 2.75) is 25.2 Å². The van der Waals surface area contributed by atoms with E-state index in [1.165, 1.54) is 36.0 Å². The van der Waals surface area contributed by atoms with Crippen molar-refractivity contribution in [1.29, 1.82) is 0 Å². The topological polar surface area (TPSA) is 20.2 Å². The van der Waals surface area contributed by atoms with E-state index in [0.29, 0.717) is 11.7 Å². The third kappa shape index (κ3) is 1.93. The highest BCUT2D eigenvalue weighted by atomic mass is 16.3. The monoisotopic (exact) mass is 224 g/mol. The lowest BCUT2D eigenvalue weighted by Crippen LogP contribution is -2.10. The zero-order valence-corrected chi connectivity index (χ0v) is 9.76. The van der Waals surface area contributed by atoms with Gasteiger partial charge in [-0.05, 0) is 48.1 Å². The summed E-state index contributed by atoms with van der Waals surface area (Å²) in [4.78, 5) is 0. The van der Waals surface area contributed by atoms with Crippen LogP contribution < -0.4 is 0 Å². The Bertz CT molecular complexity index is 531. The van der Waals surface area contributed by atoms with Gasteiger partial charge in [-0.2, -0.15) is 0 Å². The molecular formula is C16H16O. The van der Waals surface area contributed by atoms with Crippen LogP contribution in [0, 0.1) is 0 Å². The first kappa shape index (κ1) is 10.4. The molecule has 2 aromatic rings. The van der Waals surface area contributed by atoms with Crippen LogP contribution in [0.15, 0.2) is 48.5 Å². The Labute approximate surface area is 102 Å². The third-order valence-corrected chi connectivity index (χ3v) is 3.64. The van der Waals surface area contributed by atoms with Gasteiger partial charge in [0.1, 0.15) is 5.75 Å². The molecule has 1 N–H and O–H groups in total. The second-order valence-electron chi connectivity index (χ2n) is 4.74. The fraction of sp³-hybridized carbons (Fsp3) is 0.250. The minimum Gasteiger partial charge on any atom is -0.508 e. The molecule has 0 heterocycles. The maximum absolute atomic E-state index is 9.59. The van der Waals surface area contributed by atoms with Gasteiger partial charge in [0, 0.05) is 5.92 Å². The number of aromatic hydroxyl groups is 1. The molecule has 0 saturated carbocycles. The number of hydrogen-bond acceptors (Lipinski definition) is 1. The summed E-state index contributed by atoms with van der Waals surface area (Å²) in [6.07, 6.45) is 3.60. The number of hydrogen-bond donors (Lipinski definition) is 1. The van der Waals surface area contributed by atoms with Crippen LogP contribution in [-0.4, -0.2) is 5.11 Å².